The number of hydrogen-bond acceptors (Lipinski definition) is 9. The molecule has 12 heteroatoms. The maximum absolute atomic E-state index is 13.9. The zero-order valence-electron chi connectivity index (χ0n) is 30.3. The van der Waals surface area contributed by atoms with Crippen LogP contribution in [0.3, 0.4) is 0 Å². The van der Waals surface area contributed by atoms with Crippen molar-refractivity contribution in [2.24, 2.45) is 0 Å². The lowest BCUT2D eigenvalue weighted by molar-refractivity contribution is -0.438. The van der Waals surface area contributed by atoms with Gasteiger partial charge >= 0.3 is 5.97 Å². The first kappa shape index (κ1) is 40.0. The predicted octanol–water partition coefficient (Wildman–Crippen LogP) is 9.64. The van der Waals surface area contributed by atoms with E-state index >= 15 is 0 Å². The Hall–Kier alpha value is -2.24. The summed E-state index contributed by atoms with van der Waals surface area (Å²) in [7, 11) is 0. The summed E-state index contributed by atoms with van der Waals surface area (Å²) in [6.07, 6.45) is 7.29. The van der Waals surface area contributed by atoms with Crippen LogP contribution in [-0.2, 0) is 34.5 Å². The average Bonchev–Trinajstić information content (AvgIpc) is 3.38. The number of fused-ring (bicyclic) bond motifs is 2. The molecule has 0 amide bonds. The summed E-state index contributed by atoms with van der Waals surface area (Å²) in [5, 5.41) is 23.8. The van der Waals surface area contributed by atoms with E-state index < -0.39 is 16.4 Å². The molecule has 5 rings (SSSR count). The summed E-state index contributed by atoms with van der Waals surface area (Å²) < 4.78 is 14.5. The van der Waals surface area contributed by atoms with E-state index in [-0.39, 0.29) is 17.5 Å². The van der Waals surface area contributed by atoms with Crippen LogP contribution >= 0.6 is 57.2 Å². The average molecular weight is 942 g/mol. The van der Waals surface area contributed by atoms with Crippen molar-refractivity contribution in [2.45, 2.75) is 97.0 Å². The summed E-state index contributed by atoms with van der Waals surface area (Å²) in [5.41, 5.74) is 5.71. The van der Waals surface area contributed by atoms with Crippen LogP contribution in [0.4, 0.5) is 11.4 Å². The van der Waals surface area contributed by atoms with Gasteiger partial charge in [-0.15, -0.1) is 4.33 Å². The molecule has 2 aliphatic heterocycles. The minimum atomic E-state index is -0.491. The van der Waals surface area contributed by atoms with Gasteiger partial charge in [0.25, 0.3) is 0 Å². The SMILES string of the molecule is CC(C)(C)OC(=O)CCCCCN1/C(=C/C2=C(O)C(=CC3=[N+](CCCSOOO)c4ccc(I)cc4C3(C)C)C2=O)C(C)(C)c2cc(I)ccc21. The van der Waals surface area contributed by atoms with Crippen molar-refractivity contribution in [3.63, 3.8) is 0 Å². The van der Waals surface area contributed by atoms with E-state index in [1.807, 2.05) is 32.9 Å². The fraction of sp³-hybridized carbons (Fsp3) is 0.462. The first-order valence-electron chi connectivity index (χ1n) is 17.2. The molecule has 0 unspecified atom stereocenters. The summed E-state index contributed by atoms with van der Waals surface area (Å²) in [5.74, 6) is 0.226. The Bertz CT molecular complexity index is 1840. The molecule has 9 nitrogen and oxygen atoms in total. The molecule has 0 aromatic heterocycles. The highest BCUT2D eigenvalue weighted by Crippen LogP contribution is 2.50. The van der Waals surface area contributed by atoms with Gasteiger partial charge in [0.2, 0.25) is 11.5 Å². The first-order chi connectivity index (χ1) is 24.0. The van der Waals surface area contributed by atoms with Crippen LogP contribution in [-0.4, -0.2) is 56.8 Å². The molecule has 2 heterocycles. The van der Waals surface area contributed by atoms with Gasteiger partial charge in [0.15, 0.2) is 5.71 Å². The van der Waals surface area contributed by atoms with E-state index in [9.17, 15) is 14.7 Å². The molecular formula is C39H47I2N2O7S+. The standard InChI is InChI=1S/C39H46I2N2O7S/c1-37(2,3)48-34(44)12-9-8-10-17-42-30-15-13-24(40)20-28(30)38(4,5)32(42)22-26-35(45)27(36(26)46)23-33-39(6,7)29-21-25(41)14-16-31(29)43(33)18-11-19-51-50-49-47/h13-16,20-23H,8-12,17-19H2,1-7H3,(H-,45,46,47)/p+1. The Morgan fingerprint density at radius 1 is 0.961 bits per heavy atom. The summed E-state index contributed by atoms with van der Waals surface area (Å²) in [6.45, 7) is 15.6. The smallest absolute Gasteiger partial charge is 0.306 e. The van der Waals surface area contributed by atoms with Crippen molar-refractivity contribution >= 4 is 86.1 Å². The van der Waals surface area contributed by atoms with Crippen LogP contribution in [0.2, 0.25) is 0 Å². The van der Waals surface area contributed by atoms with Crippen molar-refractivity contribution in [2.75, 3.05) is 23.7 Å². The normalized spacial score (nSPS) is 19.3. The number of carbonyl (C=O) groups excluding carboxylic acids is 2. The largest absolute Gasteiger partial charge is 0.506 e. The van der Waals surface area contributed by atoms with Gasteiger partial charge in [-0.05, 0) is 135 Å². The number of carbonyl (C=O) groups is 2. The predicted molar refractivity (Wildman–Crippen MR) is 219 cm³/mol. The minimum Gasteiger partial charge on any atom is -0.506 e. The number of Topliss-reactive ketones (excluding diaryl/α,β-unsaturated/α-hetero) is 1. The maximum Gasteiger partial charge on any atom is 0.306 e. The Balaban J connectivity index is 1.43. The highest BCUT2D eigenvalue weighted by Gasteiger charge is 2.47. The van der Waals surface area contributed by atoms with Gasteiger partial charge in [-0.25, -0.2) is 5.26 Å². The maximum atomic E-state index is 13.9. The molecule has 274 valence electrons. The number of anilines is 1. The lowest BCUT2D eigenvalue weighted by Gasteiger charge is -2.29. The summed E-state index contributed by atoms with van der Waals surface area (Å²) >= 11 is 5.67. The van der Waals surface area contributed by atoms with Crippen LogP contribution in [0.5, 0.6) is 0 Å². The van der Waals surface area contributed by atoms with Gasteiger partial charge in [0.1, 0.15) is 17.9 Å². The lowest BCUT2D eigenvalue weighted by atomic mass is 9.77. The van der Waals surface area contributed by atoms with Crippen molar-refractivity contribution < 1.29 is 38.6 Å². The highest BCUT2D eigenvalue weighted by molar-refractivity contribution is 14.1. The van der Waals surface area contributed by atoms with Crippen LogP contribution in [0.25, 0.3) is 0 Å². The zero-order valence-corrected chi connectivity index (χ0v) is 35.4. The molecular weight excluding hydrogens is 894 g/mol. The fourth-order valence-corrected chi connectivity index (χ4v) is 8.47. The number of hydrogen-bond donors (Lipinski definition) is 2. The molecule has 2 N–H and O–H groups in total. The van der Waals surface area contributed by atoms with Gasteiger partial charge in [0, 0.05) is 78.8 Å². The molecule has 2 aromatic carbocycles. The second-order valence-corrected chi connectivity index (χ2v) is 18.4. The number of aliphatic hydroxyl groups excluding tert-OH is 1. The van der Waals surface area contributed by atoms with Crippen LogP contribution in [0, 0.1) is 7.14 Å². The monoisotopic (exact) mass is 941 g/mol. The number of esters is 1. The van der Waals surface area contributed by atoms with Crippen molar-refractivity contribution in [1.82, 2.24) is 0 Å². The minimum absolute atomic E-state index is 0.00369. The molecule has 0 radical (unpaired) electrons. The Labute approximate surface area is 332 Å². The number of unbranched alkanes of at least 4 members (excludes halogenated alkanes) is 2. The Morgan fingerprint density at radius 2 is 1.65 bits per heavy atom. The van der Waals surface area contributed by atoms with E-state index in [2.05, 4.69) is 128 Å². The number of allylic oxidation sites excluding steroid dienone is 5. The molecule has 0 saturated carbocycles. The lowest BCUT2D eigenvalue weighted by Crippen LogP contribution is -2.32. The topological polar surface area (TPSA) is 109 Å². The van der Waals surface area contributed by atoms with Crippen LogP contribution in [0.15, 0.2) is 71.2 Å². The summed E-state index contributed by atoms with van der Waals surface area (Å²) in [6, 6.07) is 12.8. The van der Waals surface area contributed by atoms with Crippen molar-refractivity contribution in [3.8, 4) is 0 Å². The highest BCUT2D eigenvalue weighted by atomic mass is 127. The van der Waals surface area contributed by atoms with Crippen LogP contribution < -0.4 is 4.90 Å². The van der Waals surface area contributed by atoms with E-state index in [1.165, 1.54) is 5.56 Å². The molecule has 51 heavy (non-hydrogen) atoms. The number of benzene rings is 2. The zero-order chi connectivity index (χ0) is 37.3. The molecule has 0 spiro atoms. The van der Waals surface area contributed by atoms with Gasteiger partial charge in [-0.2, -0.15) is 4.58 Å². The Kier molecular flexibility index (Phi) is 12.5. The van der Waals surface area contributed by atoms with E-state index in [0.29, 0.717) is 36.4 Å². The second kappa shape index (κ2) is 16.0. The molecule has 0 bridgehead atoms. The fourth-order valence-electron chi connectivity index (χ4n) is 7.13. The van der Waals surface area contributed by atoms with Gasteiger partial charge in [-0.3, -0.25) is 9.59 Å². The third-order valence-corrected chi connectivity index (χ3v) is 11.6. The number of nitrogens with zero attached hydrogens (tertiary/aromatic N) is 2. The number of aliphatic hydroxyl groups is 1. The third kappa shape index (κ3) is 8.61. The molecule has 0 saturated heterocycles. The number of ketones is 1. The number of rotatable bonds is 14. The van der Waals surface area contributed by atoms with Crippen molar-refractivity contribution in [1.29, 1.82) is 0 Å². The van der Waals surface area contributed by atoms with Crippen molar-refractivity contribution in [3.05, 3.63) is 89.4 Å². The van der Waals surface area contributed by atoms with Crippen LogP contribution in [0.1, 0.15) is 91.7 Å². The molecule has 2 aromatic rings. The first-order valence-corrected chi connectivity index (χ1v) is 20.3. The van der Waals surface area contributed by atoms with E-state index in [0.717, 1.165) is 73.2 Å². The van der Waals surface area contributed by atoms with Gasteiger partial charge in [-0.1, -0.05) is 25.3 Å². The quantitative estimate of drug-likeness (QED) is 0.0280. The van der Waals surface area contributed by atoms with Gasteiger partial charge in [0.05, 0.1) is 16.6 Å². The molecule has 3 aliphatic rings. The van der Waals surface area contributed by atoms with Gasteiger partial charge < -0.3 is 14.7 Å². The molecule has 0 atom stereocenters. The summed E-state index contributed by atoms with van der Waals surface area (Å²) in [4.78, 5) is 28.5. The number of ether oxygens (including phenoxy) is 1. The second-order valence-electron chi connectivity index (χ2n) is 15.2. The van der Waals surface area contributed by atoms with E-state index in [4.69, 9.17) is 9.99 Å². The number of halogens is 2. The van der Waals surface area contributed by atoms with E-state index in [1.54, 1.807) is 0 Å². The third-order valence-electron chi connectivity index (χ3n) is 9.64. The Morgan fingerprint density at radius 3 is 2.31 bits per heavy atom. The molecule has 0 fully saturated rings. The molecule has 1 aliphatic carbocycles.